The number of alkyl halides is 1. The van der Waals surface area contributed by atoms with Crippen LogP contribution >= 0.6 is 0 Å². The molecule has 8 rings (SSSR count). The lowest BCUT2D eigenvalue weighted by Crippen LogP contribution is -2.64. The van der Waals surface area contributed by atoms with Crippen LogP contribution in [0.25, 0.3) is 33.1 Å². The summed E-state index contributed by atoms with van der Waals surface area (Å²) in [5.74, 6) is 0. The maximum absolute atomic E-state index is 13.7. The summed E-state index contributed by atoms with van der Waals surface area (Å²) in [5, 5.41) is 28.6. The molecule has 2 N–H and O–H groups in total. The van der Waals surface area contributed by atoms with E-state index in [2.05, 4.69) is 49.8 Å². The highest BCUT2D eigenvalue weighted by Gasteiger charge is 2.68. The average molecular weight is 486 g/mol. The second-order valence-electron chi connectivity index (χ2n) is 10.6. The lowest BCUT2D eigenvalue weighted by molar-refractivity contribution is -0.384. The summed E-state index contributed by atoms with van der Waals surface area (Å²) in [6.45, 7) is 0.522. The number of rotatable bonds is 8. The zero-order valence-electron chi connectivity index (χ0n) is 19.5. The van der Waals surface area contributed by atoms with Gasteiger partial charge in [-0.25, -0.2) is 9.07 Å². The summed E-state index contributed by atoms with van der Waals surface area (Å²) in [6.07, 6.45) is 8.92. The Balaban J connectivity index is 1.07. The predicted molar refractivity (Wildman–Crippen MR) is 132 cm³/mol. The molecule has 3 aromatic heterocycles. The first kappa shape index (κ1) is 21.2. The van der Waals surface area contributed by atoms with E-state index in [4.69, 9.17) is 0 Å². The number of benzene rings is 2. The van der Waals surface area contributed by atoms with Crippen LogP contribution in [0.4, 0.5) is 10.1 Å². The highest BCUT2D eigenvalue weighted by Crippen LogP contribution is 2.71. The molecule has 3 heterocycles. The fourth-order valence-electron chi connectivity index (χ4n) is 6.29. The van der Waals surface area contributed by atoms with E-state index in [1.54, 1.807) is 17.1 Å². The van der Waals surface area contributed by atoms with Crippen LogP contribution in [-0.2, 0) is 13.0 Å². The van der Waals surface area contributed by atoms with Crippen molar-refractivity contribution >= 4 is 27.5 Å². The molecule has 0 saturated heterocycles. The Kier molecular flexibility index (Phi) is 4.40. The van der Waals surface area contributed by atoms with Gasteiger partial charge < -0.3 is 4.98 Å². The van der Waals surface area contributed by atoms with Gasteiger partial charge in [-0.05, 0) is 67.0 Å². The first-order chi connectivity index (χ1) is 17.4. The van der Waals surface area contributed by atoms with Crippen molar-refractivity contribution in [2.75, 3.05) is 0 Å². The largest absolute Gasteiger partial charge is 0.358 e. The van der Waals surface area contributed by atoms with Gasteiger partial charge in [0.05, 0.1) is 29.4 Å². The maximum atomic E-state index is 13.7. The molecule has 0 spiro atoms. The van der Waals surface area contributed by atoms with Crippen LogP contribution in [0.3, 0.4) is 0 Å². The summed E-state index contributed by atoms with van der Waals surface area (Å²) in [5.41, 5.74) is 4.57. The van der Waals surface area contributed by atoms with Crippen molar-refractivity contribution in [2.24, 2.45) is 5.41 Å². The molecule has 36 heavy (non-hydrogen) atoms. The number of aromatic nitrogens is 6. The SMILES string of the molecule is O=[N+]([O-])c1cc(-c2cn(Cc3ccc4cc(CCCC56CC(F)(C5)C6)[nH]c4c3)nn2)c2cn[nH]c2c1. The summed E-state index contributed by atoms with van der Waals surface area (Å²) in [4.78, 5) is 14.5. The fraction of sp³-hybridized carbons (Fsp3) is 0.346. The number of nitro groups is 1. The minimum absolute atomic E-state index is 0.0279. The molecule has 10 heteroatoms. The topological polar surface area (TPSA) is 118 Å². The van der Waals surface area contributed by atoms with E-state index >= 15 is 0 Å². The number of non-ortho nitro benzene ring substituents is 1. The van der Waals surface area contributed by atoms with Crippen molar-refractivity contribution in [1.82, 2.24) is 30.2 Å². The molecule has 0 aliphatic heterocycles. The van der Waals surface area contributed by atoms with Crippen LogP contribution in [0.5, 0.6) is 0 Å². The van der Waals surface area contributed by atoms with E-state index in [9.17, 15) is 14.5 Å². The monoisotopic (exact) mass is 485 g/mol. The van der Waals surface area contributed by atoms with Crippen LogP contribution in [-0.4, -0.2) is 40.8 Å². The fourth-order valence-corrected chi connectivity index (χ4v) is 6.29. The number of aromatic amines is 2. The molecule has 9 nitrogen and oxygen atoms in total. The van der Waals surface area contributed by atoms with Crippen molar-refractivity contribution in [3.8, 4) is 11.3 Å². The van der Waals surface area contributed by atoms with Gasteiger partial charge in [-0.1, -0.05) is 17.3 Å². The molecular formula is C26H24FN7O2. The second-order valence-corrected chi connectivity index (χ2v) is 10.6. The zero-order chi connectivity index (χ0) is 24.5. The number of nitrogens with one attached hydrogen (secondary N) is 2. The third kappa shape index (κ3) is 3.47. The number of H-pyrrole nitrogens is 2. The van der Waals surface area contributed by atoms with Gasteiger partial charge in [0.2, 0.25) is 0 Å². The predicted octanol–water partition coefficient (Wildman–Crippen LogP) is 5.47. The zero-order valence-corrected chi connectivity index (χ0v) is 19.5. The summed E-state index contributed by atoms with van der Waals surface area (Å²) in [6, 6.07) is 11.5. The molecule has 2 aromatic carbocycles. The van der Waals surface area contributed by atoms with Gasteiger partial charge >= 0.3 is 0 Å². The minimum atomic E-state index is -0.813. The van der Waals surface area contributed by atoms with E-state index in [0.717, 1.165) is 55.0 Å². The number of hydrogen-bond donors (Lipinski definition) is 2. The van der Waals surface area contributed by atoms with Crippen molar-refractivity contribution in [3.05, 3.63) is 70.2 Å². The van der Waals surface area contributed by atoms with E-state index in [1.807, 2.05) is 0 Å². The van der Waals surface area contributed by atoms with Crippen LogP contribution in [0.1, 0.15) is 43.4 Å². The van der Waals surface area contributed by atoms with Crippen LogP contribution in [0.15, 0.2) is 48.8 Å². The van der Waals surface area contributed by atoms with Crippen molar-refractivity contribution in [1.29, 1.82) is 0 Å². The average Bonchev–Trinajstić information content (AvgIpc) is 3.55. The Morgan fingerprint density at radius 3 is 2.81 bits per heavy atom. The lowest BCUT2D eigenvalue weighted by Gasteiger charge is -2.66. The Morgan fingerprint density at radius 2 is 2.00 bits per heavy atom. The molecule has 3 saturated carbocycles. The maximum Gasteiger partial charge on any atom is 0.272 e. The number of aryl methyl sites for hydroxylation is 1. The highest BCUT2D eigenvalue weighted by atomic mass is 19.1. The van der Waals surface area contributed by atoms with Gasteiger partial charge in [-0.2, -0.15) is 5.10 Å². The van der Waals surface area contributed by atoms with Gasteiger partial charge in [0.25, 0.3) is 5.69 Å². The van der Waals surface area contributed by atoms with Crippen molar-refractivity contribution < 1.29 is 9.31 Å². The van der Waals surface area contributed by atoms with E-state index < -0.39 is 10.6 Å². The Bertz CT molecular complexity index is 1630. The van der Waals surface area contributed by atoms with Crippen molar-refractivity contribution in [2.45, 2.75) is 50.7 Å². The summed E-state index contributed by atoms with van der Waals surface area (Å²) < 4.78 is 15.5. The van der Waals surface area contributed by atoms with Crippen molar-refractivity contribution in [3.63, 3.8) is 0 Å². The van der Waals surface area contributed by atoms with Crippen LogP contribution < -0.4 is 0 Å². The molecule has 0 radical (unpaired) electrons. The molecule has 0 amide bonds. The van der Waals surface area contributed by atoms with E-state index in [0.29, 0.717) is 28.7 Å². The highest BCUT2D eigenvalue weighted by molar-refractivity contribution is 5.95. The van der Waals surface area contributed by atoms with Gasteiger partial charge in [0, 0.05) is 34.3 Å². The third-order valence-corrected chi connectivity index (χ3v) is 7.88. The first-order valence-electron chi connectivity index (χ1n) is 12.2. The summed E-state index contributed by atoms with van der Waals surface area (Å²) in [7, 11) is 0. The summed E-state index contributed by atoms with van der Waals surface area (Å²) >= 11 is 0. The molecule has 3 aliphatic rings. The van der Waals surface area contributed by atoms with E-state index in [1.165, 1.54) is 23.2 Å². The molecule has 182 valence electrons. The molecule has 2 bridgehead atoms. The second kappa shape index (κ2) is 7.46. The number of hydrogen-bond acceptors (Lipinski definition) is 5. The first-order valence-corrected chi connectivity index (χ1v) is 12.2. The normalized spacial score (nSPS) is 22.6. The van der Waals surface area contributed by atoms with E-state index in [-0.39, 0.29) is 5.69 Å². The van der Waals surface area contributed by atoms with Gasteiger partial charge in [-0.3, -0.25) is 15.2 Å². The number of halogens is 1. The minimum Gasteiger partial charge on any atom is -0.358 e. The molecular weight excluding hydrogens is 461 g/mol. The van der Waals surface area contributed by atoms with Crippen LogP contribution in [0.2, 0.25) is 0 Å². The standard InChI is InChI=1S/C26H24FN7O2/c27-26-13-25(14-26,15-26)5-1-2-18-7-17-4-3-16(6-22(17)29-18)11-33-12-24(31-32-33)20-8-19(34(35)36)9-23-21(20)10-28-30-23/h3-4,6-10,12,29H,1-2,5,11,13-15H2,(H,28,30). The Labute approximate surface area is 204 Å². The quantitative estimate of drug-likeness (QED) is 0.223. The molecule has 0 atom stereocenters. The van der Waals surface area contributed by atoms with Crippen LogP contribution in [0, 0.1) is 15.5 Å². The molecule has 0 unspecified atom stereocenters. The molecule has 5 aromatic rings. The lowest BCUT2D eigenvalue weighted by atomic mass is 9.41. The smallest absolute Gasteiger partial charge is 0.272 e. The molecule has 3 fully saturated rings. The third-order valence-electron chi connectivity index (χ3n) is 7.88. The molecule has 3 aliphatic carbocycles. The van der Waals surface area contributed by atoms with Gasteiger partial charge in [0.1, 0.15) is 11.4 Å². The Hall–Kier alpha value is -4.08. The number of fused-ring (bicyclic) bond motifs is 2. The number of nitro benzene ring substituents is 1. The van der Waals surface area contributed by atoms with Gasteiger partial charge in [0.15, 0.2) is 0 Å². The van der Waals surface area contributed by atoms with Gasteiger partial charge in [-0.15, -0.1) is 5.10 Å². The Morgan fingerprint density at radius 1 is 1.14 bits per heavy atom. The number of nitrogens with zero attached hydrogens (tertiary/aromatic N) is 5.